The van der Waals surface area contributed by atoms with Crippen LogP contribution in [0.15, 0.2) is 134 Å². The fourth-order valence-corrected chi connectivity index (χ4v) is 28.7. The summed E-state index contributed by atoms with van der Waals surface area (Å²) in [6, 6.07) is 39.0. The Morgan fingerprint density at radius 1 is 0.348 bits per heavy atom. The van der Waals surface area contributed by atoms with Gasteiger partial charge in [-0.1, -0.05) is 103 Å². The molecule has 0 unspecified atom stereocenters. The lowest BCUT2D eigenvalue weighted by atomic mass is 9.49. The number of aromatic nitrogens is 8. The van der Waals surface area contributed by atoms with Gasteiger partial charge >= 0.3 is 43.9 Å². The molecule has 27 rings (SSSR count). The molecule has 0 spiro atoms. The molecule has 19 nitrogen and oxygen atoms in total. The first-order valence-corrected chi connectivity index (χ1v) is 58.1. The van der Waals surface area contributed by atoms with Crippen LogP contribution in [0.4, 0.5) is 13.2 Å². The van der Waals surface area contributed by atoms with Gasteiger partial charge < -0.3 is 61.4 Å². The van der Waals surface area contributed by atoms with E-state index in [-0.39, 0.29) is 70.7 Å². The van der Waals surface area contributed by atoms with E-state index in [0.29, 0.717) is 44.3 Å². The van der Waals surface area contributed by atoms with Crippen molar-refractivity contribution >= 4 is 119 Å². The molecular formula is C109H138B4F3IN8O11S5. The minimum atomic E-state index is -5.61. The maximum atomic E-state index is 12.5. The van der Waals surface area contributed by atoms with E-state index in [1.54, 1.807) is 22.8 Å². The van der Waals surface area contributed by atoms with Crippen molar-refractivity contribution in [2.24, 2.45) is 0 Å². The highest BCUT2D eigenvalue weighted by Crippen LogP contribution is 2.58. The summed E-state index contributed by atoms with van der Waals surface area (Å²) in [5, 5.41) is 2.24. The number of alkyl halides is 3. The second kappa shape index (κ2) is 40.7. The zero-order valence-electron chi connectivity index (χ0n) is 85.1. The van der Waals surface area contributed by atoms with E-state index >= 15 is 0 Å². The quantitative estimate of drug-likeness (QED) is 0.0343. The van der Waals surface area contributed by atoms with E-state index < -0.39 is 29.6 Å². The summed E-state index contributed by atoms with van der Waals surface area (Å²) in [6.07, 6.45) is 32.5. The average Bonchev–Trinajstić information content (AvgIpc) is 1.49. The summed E-state index contributed by atoms with van der Waals surface area (Å²) in [5.41, 5.74) is 17.2. The van der Waals surface area contributed by atoms with E-state index in [1.165, 1.54) is 182 Å². The molecule has 4 N–H and O–H groups in total. The lowest BCUT2D eigenvalue weighted by Gasteiger charge is -2.41. The lowest BCUT2D eigenvalue weighted by molar-refractivity contribution is -0.0500. The van der Waals surface area contributed by atoms with E-state index in [9.17, 15) is 21.6 Å². The standard InChI is InChI=1S/C31H37BN2O2S.C26H28N2S.C19H25BN2O2S.C14H15F3O3S.C12H24B2O4.C7H9IN2S/c1-30(2)31(3,4)36-32(35-30)24-16-15-23(27-21-11-13-22(14-12-21)28(24)27)19-7-9-20(10-8-19)25-18-33-29(34-25)26-6-5-17-37-26;1-16-4-13-21(25-20-11-9-19(10-12-20)24(16)25)17-5-7-18(8-6-17)22-15-27-26(28-22)23-3-2-14-29-23;1-18(2)19(3,4)24-20(23-18)14-9-7-13(8-10-14)15-12-21-17(22-15)16-6-5-11-25-16;1-8-2-7-11(20-21(18,19)14(15,16)17)13-10-5-3-9(4-6-10)12(8)13;1-9(2)10(3,4)16-13(15-9)14-17-11(5,6)12(7,8)18-14;8-6-4-9-7(10-6)5-2-1-3-11-5/h7-10,15-16,18,21-22,26H,5-6,11-14,17H2,1-4H3,(H,33,34);4-8,13,15,19-20,23H,2-3,9-12,14H2,1H3,(H,27,28);7-10,12,16H,5-6,11H2,1-4H3,(H,21,22);2,7,9-10H,3-6H2,1H3;1-8H3;4-5H,1-3H2,(H,9,10)/t21?,22?,26-;19?,20?,23-;16-;;;5-/m111..1/s1. The van der Waals surface area contributed by atoms with E-state index in [4.69, 9.17) is 42.2 Å². The number of benzene rings is 6. The molecule has 0 radical (unpaired) electrons. The number of halogens is 4. The molecule has 4 atom stereocenters. The van der Waals surface area contributed by atoms with Crippen molar-refractivity contribution in [3.8, 4) is 61.8 Å². The first kappa shape index (κ1) is 103. The molecule has 11 fully saturated rings. The molecule has 0 amide bonds. The molecule has 6 bridgehead atoms. The number of thioether (sulfide) groups is 4. The second-order valence-corrected chi connectivity index (χ2v) is 52.9. The predicted molar refractivity (Wildman–Crippen MR) is 579 cm³/mol. The third-order valence-corrected chi connectivity index (χ3v) is 40.8. The highest BCUT2D eigenvalue weighted by molar-refractivity contribution is 14.1. The van der Waals surface area contributed by atoms with E-state index in [2.05, 4.69) is 221 Å². The number of aromatic amines is 4. The number of rotatable bonds is 14. The van der Waals surface area contributed by atoms with E-state index in [0.717, 1.165) is 104 Å². The van der Waals surface area contributed by atoms with Crippen molar-refractivity contribution in [3.63, 3.8) is 0 Å². The molecule has 12 heterocycles. The molecule has 4 aromatic heterocycles. The van der Waals surface area contributed by atoms with Crippen LogP contribution < -0.4 is 15.1 Å². The third-order valence-electron chi connectivity index (χ3n) is 33.7. The van der Waals surface area contributed by atoms with Gasteiger partial charge in [0.1, 0.15) is 29.0 Å². The van der Waals surface area contributed by atoms with Crippen molar-refractivity contribution in [3.05, 3.63) is 205 Å². The summed E-state index contributed by atoms with van der Waals surface area (Å²) in [5.74, 6) is 12.7. The smallest absolute Gasteiger partial charge is 0.405 e. The molecule has 6 aromatic carbocycles. The van der Waals surface area contributed by atoms with Gasteiger partial charge in [0.15, 0.2) is 0 Å². The number of imidazole rings is 4. The Morgan fingerprint density at radius 2 is 0.638 bits per heavy atom. The van der Waals surface area contributed by atoms with Gasteiger partial charge in [-0.3, -0.25) is 0 Å². The van der Waals surface area contributed by atoms with Gasteiger partial charge in [0.2, 0.25) is 0 Å². The molecule has 141 heavy (non-hydrogen) atoms. The molecule has 8 saturated heterocycles. The Labute approximate surface area is 865 Å². The van der Waals surface area contributed by atoms with Crippen molar-refractivity contribution in [1.82, 2.24) is 39.9 Å². The van der Waals surface area contributed by atoms with Gasteiger partial charge in [-0.25, -0.2) is 19.9 Å². The van der Waals surface area contributed by atoms with Crippen LogP contribution in [0.2, 0.25) is 0 Å². The first-order chi connectivity index (χ1) is 66.9. The average molecular weight is 2120 g/mol. The van der Waals surface area contributed by atoms with Crippen molar-refractivity contribution < 1.29 is 63.0 Å². The second-order valence-electron chi connectivity index (χ2n) is 45.0. The van der Waals surface area contributed by atoms with Crippen LogP contribution >= 0.6 is 69.6 Å². The maximum Gasteiger partial charge on any atom is 0.534 e. The fraction of sp³-hybridized carbons (Fsp3) is 0.560. The minimum absolute atomic E-state index is 0.100. The molecule has 32 heteroatoms. The predicted octanol–water partition coefficient (Wildman–Crippen LogP) is 27.5. The summed E-state index contributed by atoms with van der Waals surface area (Å²) < 4.78 is 115. The zero-order valence-corrected chi connectivity index (χ0v) is 91.3. The van der Waals surface area contributed by atoms with Crippen LogP contribution in [0.5, 0.6) is 5.75 Å². The summed E-state index contributed by atoms with van der Waals surface area (Å²) in [6.45, 7) is 37.3. The molecule has 3 saturated carbocycles. The Kier molecular flexibility index (Phi) is 29.8. The number of nitrogens with zero attached hydrogens (tertiary/aromatic N) is 4. The number of H-pyrrole nitrogens is 4. The largest absolute Gasteiger partial charge is 0.534 e. The topological polar surface area (TPSA) is 232 Å². The molecule has 8 aliphatic heterocycles. The SMILES string of the molecule is CC1(C)OB(B2OC(C)(C)C(C)(C)O2)OC1(C)C.CC1(C)OB(c2ccc(-c3ccc(-c4cnc([C@H]5CCCS5)[nH]4)cc3)c3c2C2CCC3CC2)OC1(C)C.CC1(C)OB(c2ccc(-c3cnc([C@H]4CCCS4)[nH]3)cc2)OC1(C)C.Cc1ccc(-c2ccc(-c3cnc([C@H]4CCCS4)[nH]3)cc2)c2c1C1CCC2CC1.Cc1ccc(OS(=O)(=O)C(F)(F)F)c2c1C1CCC2CC1.Ic1cnc([C@H]2CCCS2)[nH]1. The number of hydrogen-bond donors (Lipinski definition) is 4. The first-order valence-electron chi connectivity index (χ1n) is 51.4. The van der Waals surface area contributed by atoms with E-state index in [1.807, 2.05) is 134 Å². The Balaban J connectivity index is 0.000000111. The van der Waals surface area contributed by atoms with Crippen LogP contribution in [-0.4, -0.2) is 150 Å². The van der Waals surface area contributed by atoms with Crippen LogP contribution in [0.25, 0.3) is 56.0 Å². The molecule has 9 aliphatic carbocycles. The fourth-order valence-electron chi connectivity index (χ4n) is 22.9. The van der Waals surface area contributed by atoms with Crippen LogP contribution in [-0.2, 0) is 47.4 Å². The monoisotopic (exact) mass is 2120 g/mol. The normalized spacial score (nSPS) is 26.5. The highest BCUT2D eigenvalue weighted by Gasteiger charge is 2.64. The van der Waals surface area contributed by atoms with Crippen molar-refractivity contribution in [2.45, 2.75) is 360 Å². The van der Waals surface area contributed by atoms with Crippen molar-refractivity contribution in [1.29, 1.82) is 0 Å². The van der Waals surface area contributed by atoms with Gasteiger partial charge in [-0.2, -0.15) is 68.6 Å². The number of aryl methyl sites for hydroxylation is 2. The number of hydrogen-bond acceptors (Lipinski definition) is 19. The third kappa shape index (κ3) is 21.2. The van der Waals surface area contributed by atoms with Crippen LogP contribution in [0, 0.1) is 17.5 Å². The van der Waals surface area contributed by atoms with Crippen LogP contribution in [0.3, 0.4) is 0 Å². The zero-order chi connectivity index (χ0) is 99.5. The molecular weight excluding hydrogens is 1980 g/mol. The molecule has 10 aromatic rings. The van der Waals surface area contributed by atoms with Gasteiger partial charge in [0.05, 0.1) is 111 Å². The summed E-state index contributed by atoms with van der Waals surface area (Å²) >= 11 is 10.3. The number of nitrogens with one attached hydrogen (secondary N) is 4. The summed E-state index contributed by atoms with van der Waals surface area (Å²) in [4.78, 5) is 32.2. The number of fused-ring (bicyclic) bond motifs is 6. The molecule has 750 valence electrons. The summed E-state index contributed by atoms with van der Waals surface area (Å²) in [7, 11) is -7.17. The Bertz CT molecular complexity index is 6130. The van der Waals surface area contributed by atoms with Gasteiger partial charge in [-0.15, -0.1) is 0 Å². The van der Waals surface area contributed by atoms with Gasteiger partial charge in [-0.05, 0) is 429 Å². The maximum absolute atomic E-state index is 12.5. The Morgan fingerprint density at radius 3 is 0.986 bits per heavy atom. The Hall–Kier alpha value is -6.23. The van der Waals surface area contributed by atoms with Gasteiger partial charge in [0, 0.05) is 5.56 Å². The molecule has 17 aliphatic rings. The van der Waals surface area contributed by atoms with Gasteiger partial charge in [0.25, 0.3) is 0 Å². The van der Waals surface area contributed by atoms with Crippen molar-refractivity contribution in [2.75, 3.05) is 23.0 Å². The minimum Gasteiger partial charge on any atom is -0.405 e. The van der Waals surface area contributed by atoms with Crippen LogP contribution in [0.1, 0.15) is 364 Å². The lowest BCUT2D eigenvalue weighted by Crippen LogP contribution is -2.41. The highest BCUT2D eigenvalue weighted by atomic mass is 127.